The molecular formula is C19H23N3O3S2. The van der Waals surface area contributed by atoms with Crippen molar-refractivity contribution < 1.29 is 14.3 Å². The summed E-state index contributed by atoms with van der Waals surface area (Å²) < 4.78 is 7.89. The van der Waals surface area contributed by atoms with Crippen molar-refractivity contribution in [2.24, 2.45) is 0 Å². The monoisotopic (exact) mass is 405 g/mol. The molecule has 1 aromatic carbocycles. The minimum atomic E-state index is -0.608. The van der Waals surface area contributed by atoms with E-state index in [2.05, 4.69) is 15.6 Å². The van der Waals surface area contributed by atoms with Crippen LogP contribution in [0.1, 0.15) is 32.2 Å². The standard InChI is InChI=1S/C19H23N3O3S2/c1-5-10(2)20-19(24)11(3)21-16(23)9-25-14-8-15-17(22-12(4)27-15)18-13(14)6-7-26-18/h6-8,10-11H,5,9H2,1-4H3,(H,20,24)(H,21,23). The van der Waals surface area contributed by atoms with E-state index in [0.717, 1.165) is 31.7 Å². The molecule has 0 fully saturated rings. The average Bonchev–Trinajstić information content (AvgIpc) is 3.24. The number of aromatic nitrogens is 1. The first-order chi connectivity index (χ1) is 12.9. The number of carbonyl (C=O) groups is 2. The van der Waals surface area contributed by atoms with Gasteiger partial charge >= 0.3 is 0 Å². The first kappa shape index (κ1) is 19.6. The smallest absolute Gasteiger partial charge is 0.258 e. The molecule has 27 heavy (non-hydrogen) atoms. The van der Waals surface area contributed by atoms with E-state index in [4.69, 9.17) is 4.74 Å². The molecule has 0 aliphatic heterocycles. The molecule has 2 unspecified atom stereocenters. The summed E-state index contributed by atoms with van der Waals surface area (Å²) >= 11 is 3.21. The van der Waals surface area contributed by atoms with Gasteiger partial charge in [-0.1, -0.05) is 6.92 Å². The Balaban J connectivity index is 1.66. The van der Waals surface area contributed by atoms with Gasteiger partial charge in [-0.15, -0.1) is 22.7 Å². The van der Waals surface area contributed by atoms with Crippen molar-refractivity contribution in [2.45, 2.75) is 46.2 Å². The van der Waals surface area contributed by atoms with Gasteiger partial charge in [0.25, 0.3) is 5.91 Å². The van der Waals surface area contributed by atoms with E-state index in [1.807, 2.05) is 38.3 Å². The number of ether oxygens (including phenoxy) is 1. The molecule has 0 bridgehead atoms. The predicted octanol–water partition coefficient (Wildman–Crippen LogP) is 3.62. The van der Waals surface area contributed by atoms with Crippen LogP contribution < -0.4 is 15.4 Å². The second kappa shape index (κ2) is 8.22. The number of thiophene rings is 1. The molecule has 2 heterocycles. The zero-order valence-corrected chi connectivity index (χ0v) is 17.4. The van der Waals surface area contributed by atoms with Gasteiger partial charge in [-0.05, 0) is 38.6 Å². The molecule has 0 aliphatic rings. The largest absolute Gasteiger partial charge is 0.483 e. The van der Waals surface area contributed by atoms with Crippen LogP contribution in [0, 0.1) is 6.92 Å². The lowest BCUT2D eigenvalue weighted by Gasteiger charge is -2.17. The fourth-order valence-electron chi connectivity index (χ4n) is 2.67. The van der Waals surface area contributed by atoms with Crippen LogP contribution in [0.15, 0.2) is 17.5 Å². The number of nitrogens with one attached hydrogen (secondary N) is 2. The Kier molecular flexibility index (Phi) is 5.96. The molecule has 6 nitrogen and oxygen atoms in total. The Bertz CT molecular complexity index is 979. The second-order valence-corrected chi connectivity index (χ2v) is 8.66. The molecule has 0 aliphatic carbocycles. The maximum absolute atomic E-state index is 12.2. The van der Waals surface area contributed by atoms with E-state index in [0.29, 0.717) is 5.75 Å². The number of thiazole rings is 1. The SMILES string of the molecule is CCC(C)NC(=O)C(C)NC(=O)COc1cc2sc(C)nc2c2sccc12. The topological polar surface area (TPSA) is 80.3 Å². The lowest BCUT2D eigenvalue weighted by molar-refractivity contribution is -0.129. The van der Waals surface area contributed by atoms with Crippen molar-refractivity contribution in [2.75, 3.05) is 6.61 Å². The number of hydrogen-bond acceptors (Lipinski definition) is 6. The second-order valence-electron chi connectivity index (χ2n) is 6.51. The van der Waals surface area contributed by atoms with Gasteiger partial charge in [-0.3, -0.25) is 9.59 Å². The van der Waals surface area contributed by atoms with Gasteiger partial charge in [0.15, 0.2) is 6.61 Å². The fourth-order valence-corrected chi connectivity index (χ4v) is 4.50. The number of carbonyl (C=O) groups excluding carboxylic acids is 2. The van der Waals surface area contributed by atoms with E-state index in [1.165, 1.54) is 0 Å². The molecule has 8 heteroatoms. The molecule has 2 N–H and O–H groups in total. The van der Waals surface area contributed by atoms with Gasteiger partial charge in [0, 0.05) is 17.5 Å². The molecule has 2 atom stereocenters. The Morgan fingerprint density at radius 2 is 2.07 bits per heavy atom. The quantitative estimate of drug-likeness (QED) is 0.629. The molecule has 3 aromatic rings. The summed E-state index contributed by atoms with van der Waals surface area (Å²) in [6, 6.07) is 3.38. The number of benzene rings is 1. The van der Waals surface area contributed by atoms with Crippen molar-refractivity contribution in [3.05, 3.63) is 22.5 Å². The summed E-state index contributed by atoms with van der Waals surface area (Å²) in [7, 11) is 0. The van der Waals surface area contributed by atoms with Gasteiger partial charge in [0.2, 0.25) is 5.91 Å². The molecule has 3 rings (SSSR count). The minimum absolute atomic E-state index is 0.0783. The number of rotatable bonds is 7. The third-order valence-electron chi connectivity index (χ3n) is 4.30. The zero-order chi connectivity index (χ0) is 19.6. The highest BCUT2D eigenvalue weighted by atomic mass is 32.1. The molecule has 144 valence electrons. The highest BCUT2D eigenvalue weighted by molar-refractivity contribution is 7.21. The van der Waals surface area contributed by atoms with Gasteiger partial charge in [0.05, 0.1) is 19.9 Å². The van der Waals surface area contributed by atoms with Crippen molar-refractivity contribution in [1.29, 1.82) is 0 Å². The molecule has 0 saturated heterocycles. The van der Waals surface area contributed by atoms with Crippen LogP contribution >= 0.6 is 22.7 Å². The Morgan fingerprint density at radius 3 is 2.81 bits per heavy atom. The summed E-state index contributed by atoms with van der Waals surface area (Å²) in [5.74, 6) is 0.138. The fraction of sp³-hybridized carbons (Fsp3) is 0.421. The van der Waals surface area contributed by atoms with Crippen LogP contribution in [0.4, 0.5) is 0 Å². The van der Waals surface area contributed by atoms with Crippen LogP contribution in [0.25, 0.3) is 20.3 Å². The van der Waals surface area contributed by atoms with E-state index < -0.39 is 6.04 Å². The molecular weight excluding hydrogens is 382 g/mol. The molecule has 2 aromatic heterocycles. The van der Waals surface area contributed by atoms with E-state index in [9.17, 15) is 9.59 Å². The van der Waals surface area contributed by atoms with Crippen LogP contribution in [0.5, 0.6) is 5.75 Å². The summed E-state index contributed by atoms with van der Waals surface area (Å²) in [6.45, 7) is 7.42. The number of hydrogen-bond donors (Lipinski definition) is 2. The maximum atomic E-state index is 12.2. The normalized spacial score (nSPS) is 13.5. The lowest BCUT2D eigenvalue weighted by atomic mass is 10.2. The predicted molar refractivity (Wildman–Crippen MR) is 111 cm³/mol. The van der Waals surface area contributed by atoms with Gasteiger partial charge < -0.3 is 15.4 Å². The Morgan fingerprint density at radius 1 is 1.30 bits per heavy atom. The summed E-state index contributed by atoms with van der Waals surface area (Å²) in [4.78, 5) is 28.8. The number of fused-ring (bicyclic) bond motifs is 3. The summed E-state index contributed by atoms with van der Waals surface area (Å²) in [5.41, 5.74) is 0.981. The highest BCUT2D eigenvalue weighted by Gasteiger charge is 2.18. The first-order valence-electron chi connectivity index (χ1n) is 8.89. The molecule has 0 saturated carbocycles. The van der Waals surface area contributed by atoms with Crippen molar-refractivity contribution >= 4 is 54.8 Å². The molecule has 0 spiro atoms. The van der Waals surface area contributed by atoms with Crippen molar-refractivity contribution in [3.63, 3.8) is 0 Å². The van der Waals surface area contributed by atoms with Gasteiger partial charge in [0.1, 0.15) is 11.8 Å². The summed E-state index contributed by atoms with van der Waals surface area (Å²) in [5, 5.41) is 9.47. The summed E-state index contributed by atoms with van der Waals surface area (Å²) in [6.07, 6.45) is 0.839. The number of aryl methyl sites for hydroxylation is 1. The Labute approximate surface area is 165 Å². The third-order valence-corrected chi connectivity index (χ3v) is 6.14. The van der Waals surface area contributed by atoms with Crippen LogP contribution in [0.2, 0.25) is 0 Å². The van der Waals surface area contributed by atoms with E-state index >= 15 is 0 Å². The highest BCUT2D eigenvalue weighted by Crippen LogP contribution is 2.38. The third kappa shape index (κ3) is 4.39. The van der Waals surface area contributed by atoms with Gasteiger partial charge in [-0.25, -0.2) is 4.98 Å². The number of amides is 2. The average molecular weight is 406 g/mol. The minimum Gasteiger partial charge on any atom is -0.483 e. The zero-order valence-electron chi connectivity index (χ0n) is 15.8. The van der Waals surface area contributed by atoms with Crippen LogP contribution in [-0.4, -0.2) is 35.5 Å². The maximum Gasteiger partial charge on any atom is 0.258 e. The first-order valence-corrected chi connectivity index (χ1v) is 10.6. The lowest BCUT2D eigenvalue weighted by Crippen LogP contribution is -2.48. The van der Waals surface area contributed by atoms with Crippen LogP contribution in [-0.2, 0) is 9.59 Å². The van der Waals surface area contributed by atoms with E-state index in [-0.39, 0.29) is 24.5 Å². The van der Waals surface area contributed by atoms with E-state index in [1.54, 1.807) is 29.6 Å². The van der Waals surface area contributed by atoms with Crippen LogP contribution in [0.3, 0.4) is 0 Å². The van der Waals surface area contributed by atoms with Gasteiger partial charge in [-0.2, -0.15) is 0 Å². The molecule has 2 amide bonds. The molecule has 0 radical (unpaired) electrons. The van der Waals surface area contributed by atoms with Crippen molar-refractivity contribution in [1.82, 2.24) is 15.6 Å². The van der Waals surface area contributed by atoms with Crippen molar-refractivity contribution in [3.8, 4) is 5.75 Å². The Hall–Kier alpha value is -2.19. The number of nitrogens with zero attached hydrogens (tertiary/aromatic N) is 1.